The molecule has 0 spiro atoms. The van der Waals surface area contributed by atoms with E-state index in [1.54, 1.807) is 0 Å². The normalized spacial score (nSPS) is 21.6. The van der Waals surface area contributed by atoms with Gasteiger partial charge >= 0.3 is 5.97 Å². The van der Waals surface area contributed by atoms with Crippen LogP contribution in [0.3, 0.4) is 0 Å². The van der Waals surface area contributed by atoms with E-state index in [0.29, 0.717) is 0 Å². The first-order valence-corrected chi connectivity index (χ1v) is 11.0. The predicted octanol–water partition coefficient (Wildman–Crippen LogP) is 1.93. The molecule has 3 aromatic rings. The van der Waals surface area contributed by atoms with Crippen LogP contribution in [-0.4, -0.2) is 43.2 Å². The third-order valence-corrected chi connectivity index (χ3v) is 6.62. The monoisotopic (exact) mass is 493 g/mol. The molecule has 3 aromatic carbocycles. The van der Waals surface area contributed by atoms with Crippen molar-refractivity contribution in [3.05, 3.63) is 95.6 Å². The fourth-order valence-corrected chi connectivity index (χ4v) is 4.87. The summed E-state index contributed by atoms with van der Waals surface area (Å²) in [5.41, 5.74) is 3.12. The van der Waals surface area contributed by atoms with Crippen molar-refractivity contribution in [2.24, 2.45) is 0 Å². The Morgan fingerprint density at radius 1 is 0.938 bits per heavy atom. The minimum atomic E-state index is -0.440. The second-order valence-electron chi connectivity index (χ2n) is 8.94. The van der Waals surface area contributed by atoms with Gasteiger partial charge in [0.25, 0.3) is 0 Å². The SMILES string of the molecule is C[N+]1(CCc2ccccc2)CCC(OC(=O)C2c3ccccc3Oc3ccccc32)C1.[Br-]. The van der Waals surface area contributed by atoms with E-state index >= 15 is 0 Å². The number of esters is 1. The van der Waals surface area contributed by atoms with E-state index in [4.69, 9.17) is 9.47 Å². The van der Waals surface area contributed by atoms with Crippen molar-refractivity contribution >= 4 is 5.97 Å². The third-order valence-electron chi connectivity index (χ3n) is 6.62. The maximum absolute atomic E-state index is 13.4. The molecule has 32 heavy (non-hydrogen) atoms. The molecule has 1 saturated heterocycles. The summed E-state index contributed by atoms with van der Waals surface area (Å²) in [5.74, 6) is 0.852. The summed E-state index contributed by atoms with van der Waals surface area (Å²) in [7, 11) is 2.27. The van der Waals surface area contributed by atoms with E-state index in [0.717, 1.165) is 59.6 Å². The van der Waals surface area contributed by atoms with E-state index < -0.39 is 5.92 Å². The molecule has 0 N–H and O–H groups in total. The molecule has 2 aliphatic rings. The molecule has 0 aromatic heterocycles. The highest BCUT2D eigenvalue weighted by Crippen LogP contribution is 2.44. The average Bonchev–Trinajstić information content (AvgIpc) is 3.17. The number of likely N-dealkylation sites (tertiary alicyclic amines) is 1. The van der Waals surface area contributed by atoms with Gasteiger partial charge in [0.15, 0.2) is 6.10 Å². The smallest absolute Gasteiger partial charge is 0.318 e. The number of halogens is 1. The van der Waals surface area contributed by atoms with Gasteiger partial charge in [-0.25, -0.2) is 0 Å². The summed E-state index contributed by atoms with van der Waals surface area (Å²) in [5, 5.41) is 0. The lowest BCUT2D eigenvalue weighted by Gasteiger charge is -2.30. The molecular formula is C27H28BrNO3. The maximum Gasteiger partial charge on any atom is 0.318 e. The zero-order valence-corrected chi connectivity index (χ0v) is 19.8. The van der Waals surface area contributed by atoms with E-state index in [9.17, 15) is 4.79 Å². The molecule has 2 unspecified atom stereocenters. The minimum Gasteiger partial charge on any atom is -1.00 e. The third kappa shape index (κ3) is 4.59. The number of carbonyl (C=O) groups excluding carboxylic acids is 1. The van der Waals surface area contributed by atoms with E-state index in [2.05, 4.69) is 37.4 Å². The van der Waals surface area contributed by atoms with Gasteiger partial charge in [0, 0.05) is 24.0 Å². The van der Waals surface area contributed by atoms with Crippen LogP contribution in [0.5, 0.6) is 11.5 Å². The van der Waals surface area contributed by atoms with Crippen molar-refractivity contribution < 1.29 is 35.7 Å². The Kier molecular flexibility index (Phi) is 6.68. The van der Waals surface area contributed by atoms with Gasteiger partial charge in [0.1, 0.15) is 24.0 Å². The van der Waals surface area contributed by atoms with Crippen LogP contribution in [-0.2, 0) is 16.0 Å². The molecule has 5 rings (SSSR count). The molecular weight excluding hydrogens is 466 g/mol. The average molecular weight is 494 g/mol. The topological polar surface area (TPSA) is 35.5 Å². The van der Waals surface area contributed by atoms with Crippen LogP contribution < -0.4 is 21.7 Å². The number of likely N-dealkylation sites (N-methyl/N-ethyl adjacent to an activating group) is 1. The number of nitrogens with zero attached hydrogens (tertiary/aromatic N) is 1. The molecule has 2 heterocycles. The molecule has 2 atom stereocenters. The van der Waals surface area contributed by atoms with E-state index in [1.807, 2.05) is 48.5 Å². The summed E-state index contributed by atoms with van der Waals surface area (Å²) < 4.78 is 13.1. The van der Waals surface area contributed by atoms with E-state index in [1.165, 1.54) is 5.56 Å². The van der Waals surface area contributed by atoms with Crippen LogP contribution >= 0.6 is 0 Å². The number of ether oxygens (including phenoxy) is 2. The second kappa shape index (κ2) is 9.47. The highest BCUT2D eigenvalue weighted by molar-refractivity contribution is 5.85. The predicted molar refractivity (Wildman–Crippen MR) is 120 cm³/mol. The quantitative estimate of drug-likeness (QED) is 0.402. The highest BCUT2D eigenvalue weighted by Gasteiger charge is 2.40. The number of carbonyl (C=O) groups is 1. The van der Waals surface area contributed by atoms with Gasteiger partial charge < -0.3 is 30.9 Å². The fourth-order valence-electron chi connectivity index (χ4n) is 4.87. The van der Waals surface area contributed by atoms with Crippen LogP contribution in [0.25, 0.3) is 0 Å². The first-order chi connectivity index (χ1) is 15.1. The van der Waals surface area contributed by atoms with Gasteiger partial charge in [0.2, 0.25) is 0 Å². The van der Waals surface area contributed by atoms with Crippen LogP contribution in [0, 0.1) is 0 Å². The number of para-hydroxylation sites is 2. The van der Waals surface area contributed by atoms with Crippen molar-refractivity contribution in [3.8, 4) is 11.5 Å². The van der Waals surface area contributed by atoms with Gasteiger partial charge in [0.05, 0.1) is 20.1 Å². The standard InChI is InChI=1S/C27H28NO3.BrH/c1-28(17-15-20-9-3-2-4-10-20)18-16-21(19-28)30-27(29)26-22-11-5-7-13-24(22)31-25-14-8-6-12-23(25)26;/h2-14,21,26H,15-19H2,1H3;1H/q+1;/p-1. The zero-order chi connectivity index (χ0) is 21.3. The van der Waals surface area contributed by atoms with Crippen molar-refractivity contribution in [2.45, 2.75) is 24.9 Å². The van der Waals surface area contributed by atoms with Gasteiger partial charge in [-0.2, -0.15) is 0 Å². The summed E-state index contributed by atoms with van der Waals surface area (Å²) in [6, 6.07) is 26.1. The second-order valence-corrected chi connectivity index (χ2v) is 8.94. The van der Waals surface area contributed by atoms with Gasteiger partial charge in [-0.3, -0.25) is 4.79 Å². The molecule has 0 radical (unpaired) electrons. The number of hydrogen-bond donors (Lipinski definition) is 0. The Labute approximate surface area is 200 Å². The van der Waals surface area contributed by atoms with Gasteiger partial charge in [-0.1, -0.05) is 66.7 Å². The molecule has 4 nitrogen and oxygen atoms in total. The Balaban J connectivity index is 0.00000245. The molecule has 0 saturated carbocycles. The number of fused-ring (bicyclic) bond motifs is 2. The fraction of sp³-hybridized carbons (Fsp3) is 0.296. The molecule has 5 heteroatoms. The Morgan fingerprint density at radius 2 is 1.53 bits per heavy atom. The number of rotatable bonds is 5. The Morgan fingerprint density at radius 3 is 2.19 bits per heavy atom. The highest BCUT2D eigenvalue weighted by atomic mass is 79.9. The maximum atomic E-state index is 13.4. The lowest BCUT2D eigenvalue weighted by atomic mass is 9.88. The molecule has 0 aliphatic carbocycles. The number of benzene rings is 3. The van der Waals surface area contributed by atoms with E-state index in [-0.39, 0.29) is 29.1 Å². The summed E-state index contributed by atoms with van der Waals surface area (Å²) in [6.07, 6.45) is 1.90. The van der Waals surface area contributed by atoms with Crippen molar-refractivity contribution in [1.82, 2.24) is 0 Å². The lowest BCUT2D eigenvalue weighted by molar-refractivity contribution is -0.898. The lowest BCUT2D eigenvalue weighted by Crippen LogP contribution is -3.00. The van der Waals surface area contributed by atoms with Crippen LogP contribution in [0.15, 0.2) is 78.9 Å². The van der Waals surface area contributed by atoms with Gasteiger partial charge in [-0.05, 0) is 17.7 Å². The largest absolute Gasteiger partial charge is 1.00 e. The van der Waals surface area contributed by atoms with Crippen molar-refractivity contribution in [3.63, 3.8) is 0 Å². The summed E-state index contributed by atoms with van der Waals surface area (Å²) >= 11 is 0. The summed E-state index contributed by atoms with van der Waals surface area (Å²) in [6.45, 7) is 2.96. The first-order valence-electron chi connectivity index (χ1n) is 11.0. The molecule has 0 amide bonds. The molecule has 166 valence electrons. The van der Waals surface area contributed by atoms with Gasteiger partial charge in [-0.15, -0.1) is 0 Å². The Hall–Kier alpha value is -2.63. The summed E-state index contributed by atoms with van der Waals surface area (Å²) in [4.78, 5) is 13.4. The minimum absolute atomic E-state index is 0. The number of hydrogen-bond acceptors (Lipinski definition) is 3. The number of quaternary nitrogens is 1. The first kappa shape index (κ1) is 22.6. The van der Waals surface area contributed by atoms with Crippen LogP contribution in [0.2, 0.25) is 0 Å². The van der Waals surface area contributed by atoms with Crippen molar-refractivity contribution in [1.29, 1.82) is 0 Å². The molecule has 1 fully saturated rings. The van der Waals surface area contributed by atoms with Crippen molar-refractivity contribution in [2.75, 3.05) is 26.7 Å². The Bertz CT molecular complexity index is 1040. The van der Waals surface area contributed by atoms with Crippen LogP contribution in [0.4, 0.5) is 0 Å². The van der Waals surface area contributed by atoms with Crippen LogP contribution in [0.1, 0.15) is 29.0 Å². The molecule has 2 aliphatic heterocycles. The molecule has 0 bridgehead atoms. The zero-order valence-electron chi connectivity index (χ0n) is 18.2.